The molecular formula is C18H14FN3O2S. The summed E-state index contributed by atoms with van der Waals surface area (Å²) in [6, 6.07) is 13.6. The third-order valence-electron chi connectivity index (χ3n) is 3.52. The predicted molar refractivity (Wildman–Crippen MR) is 93.4 cm³/mol. The average Bonchev–Trinajstić information content (AvgIpc) is 3.11. The van der Waals surface area contributed by atoms with Gasteiger partial charge in [0.15, 0.2) is 0 Å². The van der Waals surface area contributed by atoms with E-state index in [0.29, 0.717) is 16.1 Å². The fraction of sp³-hybridized carbons (Fsp3) is 0.0556. The number of halogens is 1. The number of primary amides is 1. The first-order chi connectivity index (χ1) is 12.0. The molecule has 0 spiro atoms. The first-order valence-corrected chi connectivity index (χ1v) is 8.29. The zero-order valence-electron chi connectivity index (χ0n) is 13.0. The zero-order valence-corrected chi connectivity index (χ0v) is 13.8. The van der Waals surface area contributed by atoms with Gasteiger partial charge in [-0.25, -0.2) is 9.37 Å². The van der Waals surface area contributed by atoms with Crippen molar-refractivity contribution in [3.63, 3.8) is 0 Å². The molecule has 2 amide bonds. The first-order valence-electron chi connectivity index (χ1n) is 7.41. The monoisotopic (exact) mass is 355 g/mol. The molecule has 0 bridgehead atoms. The number of carbonyl (C=O) groups is 2. The Morgan fingerprint density at radius 2 is 1.76 bits per heavy atom. The van der Waals surface area contributed by atoms with Crippen molar-refractivity contribution in [3.05, 3.63) is 77.1 Å². The van der Waals surface area contributed by atoms with Crippen molar-refractivity contribution in [2.45, 2.75) is 6.04 Å². The van der Waals surface area contributed by atoms with E-state index in [4.69, 9.17) is 5.73 Å². The van der Waals surface area contributed by atoms with Crippen LogP contribution in [0.4, 0.5) is 4.39 Å². The highest BCUT2D eigenvalue weighted by atomic mass is 32.1. The van der Waals surface area contributed by atoms with Crippen LogP contribution in [0.25, 0.3) is 10.6 Å². The van der Waals surface area contributed by atoms with Gasteiger partial charge in [-0.05, 0) is 29.8 Å². The maximum absolute atomic E-state index is 13.0. The molecule has 5 nitrogen and oxygen atoms in total. The number of thiazole rings is 1. The van der Waals surface area contributed by atoms with E-state index < -0.39 is 17.9 Å². The lowest BCUT2D eigenvalue weighted by atomic mass is 10.1. The van der Waals surface area contributed by atoms with E-state index >= 15 is 0 Å². The van der Waals surface area contributed by atoms with Crippen molar-refractivity contribution >= 4 is 23.2 Å². The Labute approximate surface area is 147 Å². The second-order valence-electron chi connectivity index (χ2n) is 5.26. The molecule has 0 saturated heterocycles. The van der Waals surface area contributed by atoms with E-state index in [1.807, 2.05) is 0 Å². The summed E-state index contributed by atoms with van der Waals surface area (Å²) in [5.41, 5.74) is 6.87. The molecule has 0 aliphatic rings. The summed E-state index contributed by atoms with van der Waals surface area (Å²) in [7, 11) is 0. The lowest BCUT2D eigenvalue weighted by molar-refractivity contribution is -0.120. The Kier molecular flexibility index (Phi) is 4.85. The van der Waals surface area contributed by atoms with Crippen LogP contribution in [0.15, 0.2) is 60.0 Å². The van der Waals surface area contributed by atoms with Gasteiger partial charge in [-0.3, -0.25) is 9.59 Å². The van der Waals surface area contributed by atoms with Gasteiger partial charge in [0.2, 0.25) is 5.91 Å². The predicted octanol–water partition coefficient (Wildman–Crippen LogP) is 2.91. The van der Waals surface area contributed by atoms with Crippen molar-refractivity contribution in [1.29, 1.82) is 0 Å². The smallest absolute Gasteiger partial charge is 0.271 e. The Morgan fingerprint density at radius 1 is 1.08 bits per heavy atom. The molecule has 0 radical (unpaired) electrons. The minimum atomic E-state index is -0.940. The van der Waals surface area contributed by atoms with Crippen molar-refractivity contribution in [2.75, 3.05) is 0 Å². The number of amides is 2. The van der Waals surface area contributed by atoms with Gasteiger partial charge in [0.05, 0.1) is 0 Å². The number of benzene rings is 2. The molecule has 1 atom stereocenters. The Hall–Kier alpha value is -3.06. The SMILES string of the molecule is NC(=O)C(NC(=O)c1csc(-c2ccc(F)cc2)n1)c1ccccc1. The second-order valence-corrected chi connectivity index (χ2v) is 6.12. The molecule has 0 fully saturated rings. The summed E-state index contributed by atoms with van der Waals surface area (Å²) in [5.74, 6) is -1.50. The molecule has 1 unspecified atom stereocenters. The van der Waals surface area contributed by atoms with Crippen LogP contribution in [0.1, 0.15) is 22.1 Å². The Bertz CT molecular complexity index is 894. The van der Waals surface area contributed by atoms with E-state index in [1.54, 1.807) is 47.8 Å². The highest BCUT2D eigenvalue weighted by Crippen LogP contribution is 2.24. The minimum absolute atomic E-state index is 0.173. The summed E-state index contributed by atoms with van der Waals surface area (Å²) in [6.07, 6.45) is 0. The van der Waals surface area contributed by atoms with Gasteiger partial charge in [-0.15, -0.1) is 11.3 Å². The second kappa shape index (κ2) is 7.23. The largest absolute Gasteiger partial charge is 0.368 e. The molecule has 25 heavy (non-hydrogen) atoms. The summed E-state index contributed by atoms with van der Waals surface area (Å²) in [5, 5.41) is 4.76. The summed E-state index contributed by atoms with van der Waals surface area (Å²) < 4.78 is 13.0. The molecule has 0 aliphatic carbocycles. The van der Waals surface area contributed by atoms with Gasteiger partial charge in [-0.2, -0.15) is 0 Å². The van der Waals surface area contributed by atoms with Gasteiger partial charge in [0.25, 0.3) is 5.91 Å². The van der Waals surface area contributed by atoms with Gasteiger partial charge >= 0.3 is 0 Å². The molecule has 3 aromatic rings. The maximum atomic E-state index is 13.0. The van der Waals surface area contributed by atoms with E-state index in [1.165, 1.54) is 23.5 Å². The fourth-order valence-corrected chi connectivity index (χ4v) is 3.08. The van der Waals surface area contributed by atoms with Crippen LogP contribution in [0.5, 0.6) is 0 Å². The third-order valence-corrected chi connectivity index (χ3v) is 4.41. The number of hydrogen-bond acceptors (Lipinski definition) is 4. The van der Waals surface area contributed by atoms with Gasteiger partial charge in [0, 0.05) is 10.9 Å². The van der Waals surface area contributed by atoms with E-state index in [9.17, 15) is 14.0 Å². The Balaban J connectivity index is 1.79. The van der Waals surface area contributed by atoms with Crippen LogP contribution < -0.4 is 11.1 Å². The number of carbonyl (C=O) groups excluding carboxylic acids is 2. The third kappa shape index (κ3) is 3.89. The lowest BCUT2D eigenvalue weighted by Crippen LogP contribution is -2.37. The van der Waals surface area contributed by atoms with Crippen molar-refractivity contribution < 1.29 is 14.0 Å². The molecule has 7 heteroatoms. The van der Waals surface area contributed by atoms with E-state index in [0.717, 1.165) is 0 Å². The molecular weight excluding hydrogens is 341 g/mol. The fourth-order valence-electron chi connectivity index (χ4n) is 2.27. The molecule has 1 heterocycles. The molecule has 2 aromatic carbocycles. The number of nitrogens with two attached hydrogens (primary N) is 1. The van der Waals surface area contributed by atoms with Gasteiger partial charge in [-0.1, -0.05) is 30.3 Å². The maximum Gasteiger partial charge on any atom is 0.271 e. The Morgan fingerprint density at radius 3 is 2.40 bits per heavy atom. The van der Waals surface area contributed by atoms with Crippen LogP contribution in [0.3, 0.4) is 0 Å². The molecule has 1 aromatic heterocycles. The van der Waals surface area contributed by atoms with Crippen molar-refractivity contribution in [1.82, 2.24) is 10.3 Å². The average molecular weight is 355 g/mol. The molecule has 126 valence electrons. The number of rotatable bonds is 5. The summed E-state index contributed by atoms with van der Waals surface area (Å²) in [6.45, 7) is 0. The van der Waals surface area contributed by atoms with Crippen LogP contribution in [-0.2, 0) is 4.79 Å². The number of aromatic nitrogens is 1. The molecule has 0 saturated carbocycles. The van der Waals surface area contributed by atoms with Gasteiger partial charge < -0.3 is 11.1 Å². The normalized spacial score (nSPS) is 11.7. The standard InChI is InChI=1S/C18H14FN3O2S/c19-13-8-6-12(7-9-13)18-21-14(10-25-18)17(24)22-15(16(20)23)11-4-2-1-3-5-11/h1-10,15H,(H2,20,23)(H,22,24). The first kappa shape index (κ1) is 16.8. The summed E-state index contributed by atoms with van der Waals surface area (Å²) in [4.78, 5) is 28.3. The van der Waals surface area contributed by atoms with E-state index in [2.05, 4.69) is 10.3 Å². The van der Waals surface area contributed by atoms with Crippen LogP contribution in [-0.4, -0.2) is 16.8 Å². The van der Waals surface area contributed by atoms with Gasteiger partial charge in [0.1, 0.15) is 22.6 Å². The van der Waals surface area contributed by atoms with Crippen molar-refractivity contribution in [2.24, 2.45) is 5.73 Å². The minimum Gasteiger partial charge on any atom is -0.368 e. The molecule has 0 aliphatic heterocycles. The van der Waals surface area contributed by atoms with Crippen molar-refractivity contribution in [3.8, 4) is 10.6 Å². The van der Waals surface area contributed by atoms with E-state index in [-0.39, 0.29) is 11.5 Å². The number of hydrogen-bond donors (Lipinski definition) is 2. The highest BCUT2D eigenvalue weighted by molar-refractivity contribution is 7.13. The quantitative estimate of drug-likeness (QED) is 0.738. The highest BCUT2D eigenvalue weighted by Gasteiger charge is 2.22. The number of nitrogens with one attached hydrogen (secondary N) is 1. The topological polar surface area (TPSA) is 85.1 Å². The molecule has 3 N–H and O–H groups in total. The van der Waals surface area contributed by atoms with Crippen LogP contribution >= 0.6 is 11.3 Å². The zero-order chi connectivity index (χ0) is 17.8. The summed E-state index contributed by atoms with van der Waals surface area (Å²) >= 11 is 1.26. The lowest BCUT2D eigenvalue weighted by Gasteiger charge is -2.14. The van der Waals surface area contributed by atoms with Crippen LogP contribution in [0.2, 0.25) is 0 Å². The number of nitrogens with zero attached hydrogens (tertiary/aromatic N) is 1. The van der Waals surface area contributed by atoms with Crippen LogP contribution in [0, 0.1) is 5.82 Å². The molecule has 3 rings (SSSR count).